The first-order chi connectivity index (χ1) is 10.1. The molecule has 21 heavy (non-hydrogen) atoms. The quantitative estimate of drug-likeness (QED) is 0.921. The van der Waals surface area contributed by atoms with Crippen LogP contribution in [0.15, 0.2) is 24.3 Å². The van der Waals surface area contributed by atoms with Crippen molar-refractivity contribution in [1.29, 1.82) is 0 Å². The first-order valence-electron chi connectivity index (χ1n) is 8.00. The van der Waals surface area contributed by atoms with Gasteiger partial charge in [0.2, 0.25) is 0 Å². The lowest BCUT2D eigenvalue weighted by Crippen LogP contribution is -2.48. The van der Waals surface area contributed by atoms with Crippen LogP contribution in [0.3, 0.4) is 0 Å². The first-order valence-corrected chi connectivity index (χ1v) is 8.00. The number of aliphatic carboxylic acids is 1. The summed E-state index contributed by atoms with van der Waals surface area (Å²) < 4.78 is 5.93. The molecule has 3 nitrogen and oxygen atoms in total. The molecule has 2 aliphatic rings. The highest BCUT2D eigenvalue weighted by Gasteiger charge is 2.45. The topological polar surface area (TPSA) is 46.5 Å². The molecular formula is C18H24O3. The van der Waals surface area contributed by atoms with E-state index in [1.54, 1.807) is 0 Å². The fraction of sp³-hybridized carbons (Fsp3) is 0.611. The van der Waals surface area contributed by atoms with Crippen molar-refractivity contribution in [3.63, 3.8) is 0 Å². The summed E-state index contributed by atoms with van der Waals surface area (Å²) in [6, 6.07) is 8.24. The number of aryl methyl sites for hydroxylation is 1. The highest BCUT2D eigenvalue weighted by Crippen LogP contribution is 2.46. The van der Waals surface area contributed by atoms with Gasteiger partial charge in [-0.15, -0.1) is 0 Å². The van der Waals surface area contributed by atoms with Gasteiger partial charge in [0.25, 0.3) is 0 Å². The van der Waals surface area contributed by atoms with Crippen LogP contribution in [0.2, 0.25) is 0 Å². The maximum Gasteiger partial charge on any atom is 0.307 e. The van der Waals surface area contributed by atoms with Crippen LogP contribution in [0.5, 0.6) is 0 Å². The Morgan fingerprint density at radius 2 is 2.10 bits per heavy atom. The third kappa shape index (κ3) is 3.13. The van der Waals surface area contributed by atoms with Crippen LogP contribution in [0, 0.1) is 18.8 Å². The van der Waals surface area contributed by atoms with E-state index < -0.39 is 5.97 Å². The van der Waals surface area contributed by atoms with E-state index >= 15 is 0 Å². The lowest BCUT2D eigenvalue weighted by atomic mass is 9.68. The third-order valence-corrected chi connectivity index (χ3v) is 5.26. The zero-order valence-corrected chi connectivity index (χ0v) is 12.7. The predicted octanol–water partition coefficient (Wildman–Crippen LogP) is 3.59. The van der Waals surface area contributed by atoms with Crippen molar-refractivity contribution < 1.29 is 14.6 Å². The van der Waals surface area contributed by atoms with E-state index in [1.165, 1.54) is 12.0 Å². The Kier molecular flexibility index (Phi) is 4.03. The average Bonchev–Trinajstić information content (AvgIpc) is 2.45. The number of carboxylic acid groups (broad SMARTS) is 1. The van der Waals surface area contributed by atoms with E-state index in [2.05, 4.69) is 31.2 Å². The number of carbonyl (C=O) groups is 1. The van der Waals surface area contributed by atoms with Gasteiger partial charge >= 0.3 is 5.97 Å². The predicted molar refractivity (Wildman–Crippen MR) is 81.3 cm³/mol. The normalized spacial score (nSPS) is 25.3. The standard InChI is InChI=1S/C18H24O3/c1-13-3-5-14(6-4-13)11-16(17(19)20)15-7-10-21-18(12-15)8-2-9-18/h3-6,15-16H,2,7-12H2,1H3,(H,19,20). The van der Waals surface area contributed by atoms with Crippen LogP contribution in [-0.4, -0.2) is 23.3 Å². The van der Waals surface area contributed by atoms with Crippen molar-refractivity contribution in [2.75, 3.05) is 6.61 Å². The SMILES string of the molecule is Cc1ccc(CC(C(=O)O)C2CCOC3(CCC3)C2)cc1. The van der Waals surface area contributed by atoms with Gasteiger partial charge in [-0.25, -0.2) is 0 Å². The van der Waals surface area contributed by atoms with Gasteiger partial charge in [0.15, 0.2) is 0 Å². The van der Waals surface area contributed by atoms with Gasteiger partial charge < -0.3 is 9.84 Å². The molecule has 2 unspecified atom stereocenters. The minimum Gasteiger partial charge on any atom is -0.481 e. The third-order valence-electron chi connectivity index (χ3n) is 5.26. The van der Waals surface area contributed by atoms with Crippen LogP contribution in [0.1, 0.15) is 43.2 Å². The second kappa shape index (κ2) is 5.80. The lowest BCUT2D eigenvalue weighted by molar-refractivity contribution is -0.162. The Balaban J connectivity index is 1.71. The summed E-state index contributed by atoms with van der Waals surface area (Å²) in [4.78, 5) is 11.7. The van der Waals surface area contributed by atoms with Crippen molar-refractivity contribution >= 4 is 5.97 Å². The summed E-state index contributed by atoms with van der Waals surface area (Å²) in [6.45, 7) is 2.78. The van der Waals surface area contributed by atoms with Gasteiger partial charge in [0.05, 0.1) is 11.5 Å². The maximum atomic E-state index is 11.7. The van der Waals surface area contributed by atoms with E-state index in [9.17, 15) is 9.90 Å². The molecule has 0 bridgehead atoms. The van der Waals surface area contributed by atoms with Crippen LogP contribution in [-0.2, 0) is 16.0 Å². The van der Waals surface area contributed by atoms with Gasteiger partial charge in [0, 0.05) is 6.61 Å². The van der Waals surface area contributed by atoms with E-state index in [0.717, 1.165) is 37.9 Å². The van der Waals surface area contributed by atoms with Crippen LogP contribution < -0.4 is 0 Å². The molecule has 114 valence electrons. The molecule has 1 saturated heterocycles. The number of carboxylic acids is 1. The second-order valence-corrected chi connectivity index (χ2v) is 6.77. The van der Waals surface area contributed by atoms with Crippen molar-refractivity contribution in [3.05, 3.63) is 35.4 Å². The van der Waals surface area contributed by atoms with Gasteiger partial charge in [-0.3, -0.25) is 4.79 Å². The molecule has 0 radical (unpaired) electrons. The zero-order valence-electron chi connectivity index (χ0n) is 12.7. The highest BCUT2D eigenvalue weighted by molar-refractivity contribution is 5.71. The van der Waals surface area contributed by atoms with Crippen LogP contribution in [0.4, 0.5) is 0 Å². The van der Waals surface area contributed by atoms with Crippen molar-refractivity contribution in [1.82, 2.24) is 0 Å². The molecule has 2 fully saturated rings. The van der Waals surface area contributed by atoms with Gasteiger partial charge in [-0.05, 0) is 56.9 Å². The molecule has 1 aromatic rings. The molecular weight excluding hydrogens is 264 g/mol. The molecule has 1 saturated carbocycles. The fourth-order valence-electron chi connectivity index (χ4n) is 3.76. The van der Waals surface area contributed by atoms with E-state index in [1.807, 2.05) is 0 Å². The molecule has 1 heterocycles. The molecule has 3 rings (SSSR count). The van der Waals surface area contributed by atoms with E-state index in [0.29, 0.717) is 6.42 Å². The number of ether oxygens (including phenoxy) is 1. The lowest BCUT2D eigenvalue weighted by Gasteiger charge is -2.48. The first kappa shape index (κ1) is 14.6. The summed E-state index contributed by atoms with van der Waals surface area (Å²) in [6.07, 6.45) is 5.89. The van der Waals surface area contributed by atoms with Gasteiger partial charge in [-0.1, -0.05) is 29.8 Å². The number of rotatable bonds is 4. The van der Waals surface area contributed by atoms with Crippen molar-refractivity contribution in [2.24, 2.45) is 11.8 Å². The molecule has 1 spiro atoms. The smallest absolute Gasteiger partial charge is 0.307 e. The van der Waals surface area contributed by atoms with Crippen molar-refractivity contribution in [3.8, 4) is 0 Å². The molecule has 0 amide bonds. The Morgan fingerprint density at radius 3 is 2.67 bits per heavy atom. The minimum absolute atomic E-state index is 0.0178. The van der Waals surface area contributed by atoms with Crippen LogP contribution >= 0.6 is 0 Å². The number of benzene rings is 1. The van der Waals surface area contributed by atoms with E-state index in [-0.39, 0.29) is 17.4 Å². The monoisotopic (exact) mass is 288 g/mol. The highest BCUT2D eigenvalue weighted by atomic mass is 16.5. The molecule has 1 aliphatic carbocycles. The maximum absolute atomic E-state index is 11.7. The fourth-order valence-corrected chi connectivity index (χ4v) is 3.76. The molecule has 2 atom stereocenters. The Bertz CT molecular complexity index is 502. The van der Waals surface area contributed by atoms with E-state index in [4.69, 9.17) is 4.74 Å². The Labute approximate surface area is 126 Å². The van der Waals surface area contributed by atoms with Crippen LogP contribution in [0.25, 0.3) is 0 Å². The summed E-state index contributed by atoms with van der Waals surface area (Å²) in [5, 5.41) is 9.66. The Hall–Kier alpha value is -1.35. The van der Waals surface area contributed by atoms with Gasteiger partial charge in [0.1, 0.15) is 0 Å². The summed E-state index contributed by atoms with van der Waals surface area (Å²) in [5.41, 5.74) is 2.36. The van der Waals surface area contributed by atoms with Gasteiger partial charge in [-0.2, -0.15) is 0 Å². The average molecular weight is 288 g/mol. The second-order valence-electron chi connectivity index (χ2n) is 6.77. The zero-order chi connectivity index (χ0) is 14.9. The summed E-state index contributed by atoms with van der Waals surface area (Å²) in [7, 11) is 0. The largest absolute Gasteiger partial charge is 0.481 e. The summed E-state index contributed by atoms with van der Waals surface area (Å²) in [5.74, 6) is -0.691. The molecule has 1 aliphatic heterocycles. The minimum atomic E-state index is -0.656. The molecule has 3 heteroatoms. The molecule has 1 aromatic carbocycles. The van der Waals surface area contributed by atoms with Crippen molar-refractivity contribution in [2.45, 2.75) is 51.0 Å². The summed E-state index contributed by atoms with van der Waals surface area (Å²) >= 11 is 0. The number of hydrogen-bond acceptors (Lipinski definition) is 2. The number of hydrogen-bond donors (Lipinski definition) is 1. The molecule has 1 N–H and O–H groups in total. The molecule has 0 aromatic heterocycles. The Morgan fingerprint density at radius 1 is 1.38 bits per heavy atom.